The molecule has 21 heavy (non-hydrogen) atoms. The Morgan fingerprint density at radius 1 is 1.19 bits per heavy atom. The monoisotopic (exact) mass is 288 g/mol. The van der Waals surface area contributed by atoms with Gasteiger partial charge >= 0.3 is 0 Å². The van der Waals surface area contributed by atoms with Crippen LogP contribution in [0.3, 0.4) is 0 Å². The van der Waals surface area contributed by atoms with Crippen molar-refractivity contribution < 1.29 is 8.78 Å². The molecule has 0 bridgehead atoms. The van der Waals surface area contributed by atoms with Crippen LogP contribution < -0.4 is 5.73 Å². The minimum Gasteiger partial charge on any atom is -0.398 e. The maximum absolute atomic E-state index is 13.9. The number of rotatable bonds is 2. The first kappa shape index (κ1) is 14.0. The van der Waals surface area contributed by atoms with E-state index in [9.17, 15) is 8.78 Å². The van der Waals surface area contributed by atoms with Crippen molar-refractivity contribution in [3.63, 3.8) is 0 Å². The van der Waals surface area contributed by atoms with E-state index in [1.807, 2.05) is 19.1 Å². The molecule has 1 unspecified atom stereocenters. The van der Waals surface area contributed by atoms with Crippen LogP contribution in [-0.2, 0) is 13.0 Å². The van der Waals surface area contributed by atoms with E-state index in [1.54, 1.807) is 0 Å². The Hall–Kier alpha value is -1.94. The number of hydrogen-bond acceptors (Lipinski definition) is 2. The average molecular weight is 288 g/mol. The first-order chi connectivity index (χ1) is 10.1. The van der Waals surface area contributed by atoms with Gasteiger partial charge in [0.2, 0.25) is 0 Å². The largest absolute Gasteiger partial charge is 0.398 e. The van der Waals surface area contributed by atoms with Crippen LogP contribution in [0.2, 0.25) is 0 Å². The summed E-state index contributed by atoms with van der Waals surface area (Å²) in [5.74, 6) is -0.772. The molecule has 0 fully saturated rings. The van der Waals surface area contributed by atoms with Gasteiger partial charge in [0.25, 0.3) is 0 Å². The van der Waals surface area contributed by atoms with Crippen LogP contribution in [0.5, 0.6) is 0 Å². The molecule has 0 spiro atoms. The van der Waals surface area contributed by atoms with Crippen molar-refractivity contribution >= 4 is 5.69 Å². The minimum atomic E-state index is -0.407. The Labute approximate surface area is 123 Å². The van der Waals surface area contributed by atoms with Crippen LogP contribution in [0.1, 0.15) is 29.7 Å². The molecular formula is C17H18F2N2. The highest BCUT2D eigenvalue weighted by molar-refractivity contribution is 5.51. The van der Waals surface area contributed by atoms with Gasteiger partial charge in [-0.2, -0.15) is 0 Å². The Morgan fingerprint density at radius 3 is 2.81 bits per heavy atom. The van der Waals surface area contributed by atoms with Crippen molar-refractivity contribution in [2.24, 2.45) is 0 Å². The van der Waals surface area contributed by atoms with Crippen molar-refractivity contribution in [3.8, 4) is 0 Å². The molecule has 1 aliphatic rings. The van der Waals surface area contributed by atoms with Crippen molar-refractivity contribution in [2.75, 3.05) is 12.3 Å². The van der Waals surface area contributed by atoms with Crippen molar-refractivity contribution in [1.82, 2.24) is 4.90 Å². The maximum Gasteiger partial charge on any atom is 0.128 e. The third kappa shape index (κ3) is 2.63. The lowest BCUT2D eigenvalue weighted by Gasteiger charge is -2.34. The van der Waals surface area contributed by atoms with Crippen LogP contribution in [0.4, 0.5) is 14.5 Å². The Morgan fingerprint density at radius 2 is 2.00 bits per heavy atom. The SMILES string of the molecule is CC(c1cc(F)ccc1F)N1CCc2cccc(N)c2C1. The number of fused-ring (bicyclic) bond motifs is 1. The van der Waals surface area contributed by atoms with Crippen LogP contribution in [-0.4, -0.2) is 11.4 Å². The first-order valence-electron chi connectivity index (χ1n) is 7.11. The summed E-state index contributed by atoms with van der Waals surface area (Å²) in [5, 5.41) is 0. The third-order valence-electron chi connectivity index (χ3n) is 4.29. The Balaban J connectivity index is 1.89. The molecule has 1 aliphatic heterocycles. The molecule has 2 nitrogen and oxygen atoms in total. The van der Waals surface area contributed by atoms with E-state index >= 15 is 0 Å². The molecule has 110 valence electrons. The van der Waals surface area contributed by atoms with E-state index < -0.39 is 5.82 Å². The third-order valence-corrected chi connectivity index (χ3v) is 4.29. The molecule has 1 atom stereocenters. The molecule has 3 rings (SSSR count). The van der Waals surface area contributed by atoms with Crippen LogP contribution in [0, 0.1) is 11.6 Å². The standard InChI is InChI=1S/C17H18F2N2/c1-11(14-9-13(18)5-6-16(14)19)21-8-7-12-3-2-4-17(20)15(12)10-21/h2-6,9,11H,7-8,10,20H2,1H3. The number of nitrogens with two attached hydrogens (primary N) is 1. The fourth-order valence-electron chi connectivity index (χ4n) is 2.99. The Kier molecular flexibility index (Phi) is 3.64. The summed E-state index contributed by atoms with van der Waals surface area (Å²) in [4.78, 5) is 2.14. The van der Waals surface area contributed by atoms with E-state index in [4.69, 9.17) is 5.73 Å². The zero-order chi connectivity index (χ0) is 15.0. The summed E-state index contributed by atoms with van der Waals surface area (Å²) in [7, 11) is 0. The van der Waals surface area contributed by atoms with Gasteiger partial charge in [-0.1, -0.05) is 12.1 Å². The number of nitrogens with zero attached hydrogens (tertiary/aromatic N) is 1. The number of anilines is 1. The van der Waals surface area contributed by atoms with Gasteiger partial charge in [-0.25, -0.2) is 8.78 Å². The maximum atomic E-state index is 13.9. The van der Waals surface area contributed by atoms with Crippen LogP contribution in [0.15, 0.2) is 36.4 Å². The van der Waals surface area contributed by atoms with Crippen LogP contribution >= 0.6 is 0 Å². The Bertz CT molecular complexity index is 670. The molecule has 0 saturated heterocycles. The van der Waals surface area contributed by atoms with Gasteiger partial charge in [-0.15, -0.1) is 0 Å². The molecule has 0 amide bonds. The molecule has 2 aromatic carbocycles. The van der Waals surface area contributed by atoms with Crippen molar-refractivity contribution in [2.45, 2.75) is 25.9 Å². The molecule has 0 radical (unpaired) electrons. The predicted molar refractivity (Wildman–Crippen MR) is 79.7 cm³/mol. The summed E-state index contributed by atoms with van der Waals surface area (Å²) in [6, 6.07) is 9.35. The van der Waals surface area contributed by atoms with E-state index in [0.29, 0.717) is 12.1 Å². The predicted octanol–water partition coefficient (Wildman–Crippen LogP) is 3.67. The van der Waals surface area contributed by atoms with Gasteiger partial charge in [0.15, 0.2) is 0 Å². The number of hydrogen-bond donors (Lipinski definition) is 1. The van der Waals surface area contributed by atoms with E-state index in [-0.39, 0.29) is 11.9 Å². The van der Waals surface area contributed by atoms with E-state index in [1.165, 1.54) is 17.7 Å². The second-order valence-corrected chi connectivity index (χ2v) is 5.55. The lowest BCUT2D eigenvalue weighted by Crippen LogP contribution is -2.33. The highest BCUT2D eigenvalue weighted by Gasteiger charge is 2.24. The fraction of sp³-hybridized carbons (Fsp3) is 0.294. The number of benzene rings is 2. The van der Waals surface area contributed by atoms with Gasteiger partial charge in [0.1, 0.15) is 11.6 Å². The van der Waals surface area contributed by atoms with E-state index in [2.05, 4.69) is 11.0 Å². The summed E-state index contributed by atoms with van der Waals surface area (Å²) in [5.41, 5.74) is 9.55. The van der Waals surface area contributed by atoms with Crippen molar-refractivity contribution in [1.29, 1.82) is 0 Å². The number of nitrogen functional groups attached to an aromatic ring is 1. The van der Waals surface area contributed by atoms with Gasteiger partial charge in [0.05, 0.1) is 0 Å². The lowest BCUT2D eigenvalue weighted by atomic mass is 9.95. The molecular weight excluding hydrogens is 270 g/mol. The van der Waals surface area contributed by atoms with E-state index in [0.717, 1.165) is 30.3 Å². The minimum absolute atomic E-state index is 0.187. The topological polar surface area (TPSA) is 29.3 Å². The van der Waals surface area contributed by atoms with Crippen LogP contribution in [0.25, 0.3) is 0 Å². The molecule has 1 heterocycles. The van der Waals surface area contributed by atoms with Gasteiger partial charge in [0, 0.05) is 30.4 Å². The highest BCUT2D eigenvalue weighted by Crippen LogP contribution is 2.31. The highest BCUT2D eigenvalue weighted by atomic mass is 19.1. The number of halogens is 2. The summed E-state index contributed by atoms with van der Waals surface area (Å²) in [6.45, 7) is 3.38. The van der Waals surface area contributed by atoms with Gasteiger partial charge in [-0.3, -0.25) is 4.90 Å². The molecule has 2 aromatic rings. The van der Waals surface area contributed by atoms with Gasteiger partial charge < -0.3 is 5.73 Å². The average Bonchev–Trinajstić information content (AvgIpc) is 2.49. The molecule has 0 saturated carbocycles. The smallest absolute Gasteiger partial charge is 0.128 e. The summed E-state index contributed by atoms with van der Waals surface area (Å²) >= 11 is 0. The summed E-state index contributed by atoms with van der Waals surface area (Å²) in [6.07, 6.45) is 0.877. The normalized spacial score (nSPS) is 16.5. The molecule has 4 heteroatoms. The molecule has 0 aliphatic carbocycles. The lowest BCUT2D eigenvalue weighted by molar-refractivity contribution is 0.189. The van der Waals surface area contributed by atoms with Gasteiger partial charge in [-0.05, 0) is 48.7 Å². The first-order valence-corrected chi connectivity index (χ1v) is 7.11. The zero-order valence-electron chi connectivity index (χ0n) is 11.9. The second kappa shape index (κ2) is 5.45. The molecule has 0 aromatic heterocycles. The zero-order valence-corrected chi connectivity index (χ0v) is 11.9. The fourth-order valence-corrected chi connectivity index (χ4v) is 2.99. The second-order valence-electron chi connectivity index (χ2n) is 5.55. The van der Waals surface area contributed by atoms with Crippen molar-refractivity contribution in [3.05, 3.63) is 64.7 Å². The molecule has 2 N–H and O–H groups in total. The summed E-state index contributed by atoms with van der Waals surface area (Å²) < 4.78 is 27.3. The quantitative estimate of drug-likeness (QED) is 0.854.